The average Bonchev–Trinajstić information content (AvgIpc) is 2.45. The third-order valence-corrected chi connectivity index (χ3v) is 3.23. The van der Waals surface area contributed by atoms with E-state index in [1.807, 2.05) is 12.1 Å². The van der Waals surface area contributed by atoms with Gasteiger partial charge in [0.15, 0.2) is 0 Å². The number of hydrogen-bond donors (Lipinski definition) is 1. The smallest absolute Gasteiger partial charge is 0.123 e. The van der Waals surface area contributed by atoms with Gasteiger partial charge in [0.1, 0.15) is 11.5 Å². The minimum absolute atomic E-state index is 0.0284. The minimum atomic E-state index is 0.0284. The van der Waals surface area contributed by atoms with E-state index < -0.39 is 0 Å². The Morgan fingerprint density at radius 1 is 1.05 bits per heavy atom. The molecular formula is C17H29NO3. The monoisotopic (exact) mass is 295 g/mol. The summed E-state index contributed by atoms with van der Waals surface area (Å²) in [5, 5.41) is 3.31. The van der Waals surface area contributed by atoms with Crippen molar-refractivity contribution in [3.05, 3.63) is 23.8 Å². The molecule has 1 rings (SSSR count). The zero-order valence-corrected chi connectivity index (χ0v) is 14.0. The zero-order chi connectivity index (χ0) is 15.7. The van der Waals surface area contributed by atoms with Gasteiger partial charge < -0.3 is 19.5 Å². The third-order valence-electron chi connectivity index (χ3n) is 3.23. The molecule has 120 valence electrons. The summed E-state index contributed by atoms with van der Waals surface area (Å²) in [5.74, 6) is 1.81. The van der Waals surface area contributed by atoms with Crippen molar-refractivity contribution >= 4 is 0 Å². The van der Waals surface area contributed by atoms with Crippen molar-refractivity contribution in [1.82, 2.24) is 5.32 Å². The maximum atomic E-state index is 5.94. The number of nitrogens with one attached hydrogen (secondary N) is 1. The van der Waals surface area contributed by atoms with E-state index in [1.165, 1.54) is 5.56 Å². The third kappa shape index (κ3) is 6.36. The number of hydrogen-bond acceptors (Lipinski definition) is 4. The topological polar surface area (TPSA) is 39.7 Å². The van der Waals surface area contributed by atoms with Gasteiger partial charge >= 0.3 is 0 Å². The molecule has 0 heterocycles. The lowest BCUT2D eigenvalue weighted by Gasteiger charge is -2.23. The molecule has 0 fully saturated rings. The van der Waals surface area contributed by atoms with Gasteiger partial charge in [0.25, 0.3) is 0 Å². The fourth-order valence-corrected chi connectivity index (χ4v) is 2.03. The summed E-state index contributed by atoms with van der Waals surface area (Å²) < 4.78 is 16.2. The Morgan fingerprint density at radius 2 is 1.81 bits per heavy atom. The van der Waals surface area contributed by atoms with Crippen molar-refractivity contribution in [3.8, 4) is 11.5 Å². The number of rotatable bonds is 9. The molecule has 0 spiro atoms. The maximum Gasteiger partial charge on any atom is 0.123 e. The molecule has 0 aliphatic carbocycles. The number of benzene rings is 1. The first-order chi connectivity index (χ1) is 9.99. The van der Waals surface area contributed by atoms with Crippen LogP contribution in [-0.2, 0) is 10.2 Å². The molecule has 1 aromatic carbocycles. The minimum Gasteiger partial charge on any atom is -0.497 e. The molecular weight excluding hydrogens is 266 g/mol. The summed E-state index contributed by atoms with van der Waals surface area (Å²) in [6, 6.07) is 6.01. The van der Waals surface area contributed by atoms with Gasteiger partial charge in [-0.2, -0.15) is 0 Å². The highest BCUT2D eigenvalue weighted by atomic mass is 16.5. The normalized spacial score (nSPS) is 11.5. The number of methoxy groups -OCH3 is 2. The van der Waals surface area contributed by atoms with E-state index in [0.29, 0.717) is 6.61 Å². The van der Waals surface area contributed by atoms with Crippen LogP contribution in [0.15, 0.2) is 18.2 Å². The average molecular weight is 295 g/mol. The molecule has 4 nitrogen and oxygen atoms in total. The van der Waals surface area contributed by atoms with Gasteiger partial charge in [0.2, 0.25) is 0 Å². The maximum absolute atomic E-state index is 5.94. The predicted octanol–water partition coefficient (Wildman–Crippen LogP) is 3.00. The predicted molar refractivity (Wildman–Crippen MR) is 86.6 cm³/mol. The van der Waals surface area contributed by atoms with E-state index in [0.717, 1.165) is 37.6 Å². The van der Waals surface area contributed by atoms with Crippen molar-refractivity contribution < 1.29 is 14.2 Å². The van der Waals surface area contributed by atoms with Crippen LogP contribution in [0.5, 0.6) is 11.5 Å². The first-order valence-corrected chi connectivity index (χ1v) is 7.50. The Balaban J connectivity index is 2.51. The van der Waals surface area contributed by atoms with Crippen LogP contribution in [0.1, 0.15) is 32.8 Å². The molecule has 0 aliphatic heterocycles. The van der Waals surface area contributed by atoms with Crippen LogP contribution in [0.4, 0.5) is 0 Å². The quantitative estimate of drug-likeness (QED) is 0.711. The molecule has 0 saturated heterocycles. The lowest BCUT2D eigenvalue weighted by atomic mass is 9.86. The second-order valence-electron chi connectivity index (χ2n) is 6.06. The molecule has 0 aliphatic rings. The lowest BCUT2D eigenvalue weighted by Crippen LogP contribution is -2.22. The Bertz CT molecular complexity index is 413. The summed E-state index contributed by atoms with van der Waals surface area (Å²) in [6.07, 6.45) is 0.972. The Labute approximate surface area is 128 Å². The first-order valence-electron chi connectivity index (χ1n) is 7.50. The molecule has 0 radical (unpaired) electrons. The summed E-state index contributed by atoms with van der Waals surface area (Å²) in [4.78, 5) is 0. The Kier molecular flexibility index (Phi) is 7.54. The second-order valence-corrected chi connectivity index (χ2v) is 6.06. The largest absolute Gasteiger partial charge is 0.497 e. The fraction of sp³-hybridized carbons (Fsp3) is 0.647. The summed E-state index contributed by atoms with van der Waals surface area (Å²) in [5.41, 5.74) is 1.20. The molecule has 0 atom stereocenters. The van der Waals surface area contributed by atoms with E-state index in [4.69, 9.17) is 14.2 Å². The van der Waals surface area contributed by atoms with Crippen LogP contribution in [0.3, 0.4) is 0 Å². The molecule has 1 aromatic rings. The van der Waals surface area contributed by atoms with E-state index >= 15 is 0 Å². The molecule has 0 aromatic heterocycles. The lowest BCUT2D eigenvalue weighted by molar-refractivity contribution is 0.198. The highest BCUT2D eigenvalue weighted by Gasteiger charge is 2.19. The van der Waals surface area contributed by atoms with E-state index in [1.54, 1.807) is 14.2 Å². The molecule has 0 unspecified atom stereocenters. The standard InChI is InChI=1S/C17H29NO3/c1-17(2,3)15-13-14(20-5)7-8-16(15)21-11-6-9-18-10-12-19-4/h7-8,13,18H,6,9-12H2,1-5H3. The van der Waals surface area contributed by atoms with Gasteiger partial charge in [-0.1, -0.05) is 20.8 Å². The zero-order valence-electron chi connectivity index (χ0n) is 14.0. The number of ether oxygens (including phenoxy) is 3. The van der Waals surface area contributed by atoms with Crippen molar-refractivity contribution in [2.45, 2.75) is 32.6 Å². The molecule has 1 N–H and O–H groups in total. The van der Waals surface area contributed by atoms with Gasteiger partial charge in [-0.3, -0.25) is 0 Å². The van der Waals surface area contributed by atoms with Gasteiger partial charge in [-0.05, 0) is 36.6 Å². The van der Waals surface area contributed by atoms with Gasteiger partial charge in [-0.15, -0.1) is 0 Å². The van der Waals surface area contributed by atoms with Gasteiger partial charge in [0, 0.05) is 19.2 Å². The fourth-order valence-electron chi connectivity index (χ4n) is 2.03. The highest BCUT2D eigenvalue weighted by molar-refractivity contribution is 5.44. The van der Waals surface area contributed by atoms with Crippen molar-refractivity contribution in [1.29, 1.82) is 0 Å². The van der Waals surface area contributed by atoms with Crippen LogP contribution >= 0.6 is 0 Å². The summed E-state index contributed by atoms with van der Waals surface area (Å²) in [7, 11) is 3.40. The van der Waals surface area contributed by atoms with Crippen molar-refractivity contribution in [3.63, 3.8) is 0 Å². The molecule has 0 bridgehead atoms. The van der Waals surface area contributed by atoms with Crippen LogP contribution in [0.25, 0.3) is 0 Å². The van der Waals surface area contributed by atoms with E-state index in [2.05, 4.69) is 32.2 Å². The van der Waals surface area contributed by atoms with Crippen molar-refractivity contribution in [2.24, 2.45) is 0 Å². The Hall–Kier alpha value is -1.26. The highest BCUT2D eigenvalue weighted by Crippen LogP contribution is 2.34. The molecule has 21 heavy (non-hydrogen) atoms. The Morgan fingerprint density at radius 3 is 2.43 bits per heavy atom. The van der Waals surface area contributed by atoms with Gasteiger partial charge in [0.05, 0.1) is 20.3 Å². The van der Waals surface area contributed by atoms with Crippen molar-refractivity contribution in [2.75, 3.05) is 40.5 Å². The molecule has 4 heteroatoms. The van der Waals surface area contributed by atoms with Gasteiger partial charge in [-0.25, -0.2) is 0 Å². The van der Waals surface area contributed by atoms with E-state index in [-0.39, 0.29) is 5.41 Å². The van der Waals surface area contributed by atoms with E-state index in [9.17, 15) is 0 Å². The molecule has 0 saturated carbocycles. The SMILES string of the molecule is COCCNCCCOc1ccc(OC)cc1C(C)(C)C. The van der Waals surface area contributed by atoms with Crippen LogP contribution in [0, 0.1) is 0 Å². The summed E-state index contributed by atoms with van der Waals surface area (Å²) in [6.45, 7) is 9.81. The van der Waals surface area contributed by atoms with Crippen LogP contribution < -0.4 is 14.8 Å². The van der Waals surface area contributed by atoms with Crippen LogP contribution in [-0.4, -0.2) is 40.5 Å². The second kappa shape index (κ2) is 8.90. The summed E-state index contributed by atoms with van der Waals surface area (Å²) >= 11 is 0. The first kappa shape index (κ1) is 17.8. The molecule has 0 amide bonds. The van der Waals surface area contributed by atoms with Crippen LogP contribution in [0.2, 0.25) is 0 Å².